The van der Waals surface area contributed by atoms with Gasteiger partial charge >= 0.3 is 0 Å². The summed E-state index contributed by atoms with van der Waals surface area (Å²) in [6, 6.07) is 13.4. The number of aromatic nitrogens is 2. The Bertz CT molecular complexity index is 1180. The number of amides is 2. The van der Waals surface area contributed by atoms with Crippen molar-refractivity contribution in [3.05, 3.63) is 64.1 Å². The SMILES string of the molecule is CC1(C(=O)NC2CCCCCC2)Cn2nc(-c3cccs3)cc2C(=O)N1Cc1cccc(Cl)c1. The summed E-state index contributed by atoms with van der Waals surface area (Å²) < 4.78 is 1.71. The lowest BCUT2D eigenvalue weighted by molar-refractivity contribution is -0.134. The average molecular weight is 497 g/mol. The number of carbonyl (C=O) groups excluding carboxylic acids is 2. The number of rotatable bonds is 5. The number of nitrogens with one attached hydrogen (secondary N) is 1. The molecule has 5 rings (SSSR count). The maximum absolute atomic E-state index is 13.8. The Kier molecular flexibility index (Phi) is 6.49. The van der Waals surface area contributed by atoms with E-state index >= 15 is 0 Å². The van der Waals surface area contributed by atoms with Crippen LogP contribution >= 0.6 is 22.9 Å². The van der Waals surface area contributed by atoms with Gasteiger partial charge in [0.05, 0.1) is 11.4 Å². The molecule has 1 aromatic carbocycles. The van der Waals surface area contributed by atoms with Crippen LogP contribution in [0.5, 0.6) is 0 Å². The zero-order chi connectivity index (χ0) is 23.7. The molecular formula is C26H29ClN4O2S. The van der Waals surface area contributed by atoms with Crippen LogP contribution in [0, 0.1) is 0 Å². The number of fused-ring (bicyclic) bond motifs is 1. The Morgan fingerprint density at radius 1 is 1.18 bits per heavy atom. The number of carbonyl (C=O) groups is 2. The molecule has 2 amide bonds. The highest BCUT2D eigenvalue weighted by Gasteiger charge is 2.48. The van der Waals surface area contributed by atoms with E-state index in [9.17, 15) is 9.59 Å². The van der Waals surface area contributed by atoms with Crippen LogP contribution in [0.2, 0.25) is 5.02 Å². The predicted molar refractivity (Wildman–Crippen MR) is 135 cm³/mol. The molecule has 8 heteroatoms. The molecule has 3 heterocycles. The van der Waals surface area contributed by atoms with Gasteiger partial charge in [0.25, 0.3) is 5.91 Å². The Balaban J connectivity index is 1.50. The molecule has 0 spiro atoms. The number of thiophene rings is 1. The second-order valence-electron chi connectivity index (χ2n) is 9.51. The van der Waals surface area contributed by atoms with Gasteiger partial charge in [0, 0.05) is 17.6 Å². The van der Waals surface area contributed by atoms with Gasteiger partial charge in [0.1, 0.15) is 16.9 Å². The van der Waals surface area contributed by atoms with Crippen molar-refractivity contribution in [2.24, 2.45) is 0 Å². The van der Waals surface area contributed by atoms with Gasteiger partial charge in [0.15, 0.2) is 0 Å². The van der Waals surface area contributed by atoms with Crippen molar-refractivity contribution in [3.63, 3.8) is 0 Å². The zero-order valence-corrected chi connectivity index (χ0v) is 20.9. The van der Waals surface area contributed by atoms with Crippen LogP contribution in [0.25, 0.3) is 10.6 Å². The molecule has 1 saturated carbocycles. The fourth-order valence-corrected chi connectivity index (χ4v) is 5.91. The number of hydrogen-bond donors (Lipinski definition) is 1. The zero-order valence-electron chi connectivity index (χ0n) is 19.3. The summed E-state index contributed by atoms with van der Waals surface area (Å²) in [4.78, 5) is 30.3. The van der Waals surface area contributed by atoms with Crippen LogP contribution in [0.1, 0.15) is 61.5 Å². The second-order valence-corrected chi connectivity index (χ2v) is 10.9. The highest BCUT2D eigenvalue weighted by Crippen LogP contribution is 2.33. The second kappa shape index (κ2) is 9.55. The van der Waals surface area contributed by atoms with Gasteiger partial charge in [-0.3, -0.25) is 14.3 Å². The molecule has 1 unspecified atom stereocenters. The molecule has 34 heavy (non-hydrogen) atoms. The molecule has 0 bridgehead atoms. The van der Waals surface area contributed by atoms with Crippen molar-refractivity contribution < 1.29 is 9.59 Å². The topological polar surface area (TPSA) is 67.2 Å². The predicted octanol–water partition coefficient (Wildman–Crippen LogP) is 5.52. The minimum absolute atomic E-state index is 0.117. The van der Waals surface area contributed by atoms with Crippen LogP contribution in [-0.4, -0.2) is 38.1 Å². The highest BCUT2D eigenvalue weighted by atomic mass is 35.5. The van der Waals surface area contributed by atoms with Crippen molar-refractivity contribution >= 4 is 34.8 Å². The molecule has 1 atom stereocenters. The molecule has 1 aliphatic heterocycles. The molecule has 2 aliphatic rings. The van der Waals surface area contributed by atoms with E-state index in [1.54, 1.807) is 20.9 Å². The first-order valence-corrected chi connectivity index (χ1v) is 13.2. The molecule has 0 saturated heterocycles. The summed E-state index contributed by atoms with van der Waals surface area (Å²) in [5.74, 6) is -0.311. The number of benzene rings is 1. The maximum atomic E-state index is 13.8. The van der Waals surface area contributed by atoms with Crippen LogP contribution in [0.4, 0.5) is 0 Å². The molecule has 3 aromatic rings. The molecule has 1 fully saturated rings. The van der Waals surface area contributed by atoms with E-state index in [0.29, 0.717) is 23.8 Å². The summed E-state index contributed by atoms with van der Waals surface area (Å²) in [7, 11) is 0. The Morgan fingerprint density at radius 3 is 2.68 bits per heavy atom. The maximum Gasteiger partial charge on any atom is 0.273 e. The molecule has 6 nitrogen and oxygen atoms in total. The fraction of sp³-hybridized carbons (Fsp3) is 0.423. The van der Waals surface area contributed by atoms with E-state index in [1.807, 2.05) is 54.8 Å². The van der Waals surface area contributed by atoms with Crippen LogP contribution in [0.3, 0.4) is 0 Å². The van der Waals surface area contributed by atoms with E-state index < -0.39 is 5.54 Å². The summed E-state index contributed by atoms with van der Waals surface area (Å²) >= 11 is 7.81. The van der Waals surface area contributed by atoms with Crippen molar-refractivity contribution in [3.8, 4) is 10.6 Å². The minimum Gasteiger partial charge on any atom is -0.351 e. The van der Waals surface area contributed by atoms with Gasteiger partial charge in [-0.15, -0.1) is 11.3 Å². The third kappa shape index (κ3) is 4.51. The first kappa shape index (κ1) is 23.1. The van der Waals surface area contributed by atoms with Gasteiger partial charge in [-0.05, 0) is 55.0 Å². The van der Waals surface area contributed by atoms with Crippen molar-refractivity contribution in [2.45, 2.75) is 70.1 Å². The molecule has 1 aliphatic carbocycles. The third-order valence-electron chi connectivity index (χ3n) is 6.98. The van der Waals surface area contributed by atoms with Gasteiger partial charge in [-0.2, -0.15) is 5.10 Å². The normalized spacial score (nSPS) is 21.2. The van der Waals surface area contributed by atoms with Crippen LogP contribution in [-0.2, 0) is 17.9 Å². The Labute approximate surface area is 208 Å². The lowest BCUT2D eigenvalue weighted by Gasteiger charge is -2.44. The first-order valence-electron chi connectivity index (χ1n) is 11.9. The molecule has 178 valence electrons. The largest absolute Gasteiger partial charge is 0.351 e. The summed E-state index contributed by atoms with van der Waals surface area (Å²) in [6.07, 6.45) is 6.65. The van der Waals surface area contributed by atoms with Gasteiger partial charge < -0.3 is 10.2 Å². The number of nitrogens with zero attached hydrogens (tertiary/aromatic N) is 3. The molecular weight excluding hydrogens is 468 g/mol. The summed E-state index contributed by atoms with van der Waals surface area (Å²) in [5.41, 5.74) is 1.08. The van der Waals surface area contributed by atoms with Crippen molar-refractivity contribution in [2.75, 3.05) is 0 Å². The standard InChI is InChI=1S/C26H29ClN4O2S/c1-26(25(33)28-20-10-4-2-3-5-11-20)17-31-22(15-21(29-31)23-12-7-13-34-23)24(32)30(26)16-18-8-6-9-19(27)14-18/h6-9,12-15,20H,2-5,10-11,16-17H2,1H3,(H,28,33). The Morgan fingerprint density at radius 2 is 1.97 bits per heavy atom. The third-order valence-corrected chi connectivity index (χ3v) is 8.11. The number of halogens is 1. The average Bonchev–Trinajstić information content (AvgIpc) is 3.42. The molecule has 0 radical (unpaired) electrons. The summed E-state index contributed by atoms with van der Waals surface area (Å²) in [5, 5.41) is 10.6. The monoisotopic (exact) mass is 496 g/mol. The summed E-state index contributed by atoms with van der Waals surface area (Å²) in [6.45, 7) is 2.46. The van der Waals surface area contributed by atoms with Gasteiger partial charge in [-0.25, -0.2) is 0 Å². The van der Waals surface area contributed by atoms with E-state index in [1.165, 1.54) is 12.8 Å². The minimum atomic E-state index is -1.07. The number of hydrogen-bond acceptors (Lipinski definition) is 4. The van der Waals surface area contributed by atoms with E-state index in [4.69, 9.17) is 16.7 Å². The van der Waals surface area contributed by atoms with E-state index in [0.717, 1.165) is 41.8 Å². The van der Waals surface area contributed by atoms with Crippen molar-refractivity contribution in [1.29, 1.82) is 0 Å². The highest BCUT2D eigenvalue weighted by molar-refractivity contribution is 7.13. The fourth-order valence-electron chi connectivity index (χ4n) is 5.02. The first-order chi connectivity index (χ1) is 16.4. The Hall–Kier alpha value is -2.64. The van der Waals surface area contributed by atoms with Crippen LogP contribution in [0.15, 0.2) is 47.8 Å². The van der Waals surface area contributed by atoms with E-state index in [2.05, 4.69) is 5.32 Å². The molecule has 2 aromatic heterocycles. The van der Waals surface area contributed by atoms with Gasteiger partial charge in [0.2, 0.25) is 5.91 Å². The lowest BCUT2D eigenvalue weighted by atomic mass is 9.93. The van der Waals surface area contributed by atoms with Gasteiger partial charge in [-0.1, -0.05) is 55.5 Å². The quantitative estimate of drug-likeness (QED) is 0.473. The van der Waals surface area contributed by atoms with Crippen LogP contribution < -0.4 is 5.32 Å². The lowest BCUT2D eigenvalue weighted by Crippen LogP contribution is -2.64. The van der Waals surface area contributed by atoms with Crippen molar-refractivity contribution in [1.82, 2.24) is 20.0 Å². The van der Waals surface area contributed by atoms with E-state index in [-0.39, 0.29) is 17.9 Å². The smallest absolute Gasteiger partial charge is 0.273 e. The molecule has 1 N–H and O–H groups in total.